The number of anilines is 1. The lowest BCUT2D eigenvalue weighted by molar-refractivity contribution is -0.146. The van der Waals surface area contributed by atoms with Crippen LogP contribution in [0.1, 0.15) is 26.2 Å². The van der Waals surface area contributed by atoms with Crippen LogP contribution in [0.4, 0.5) is 10.5 Å². The first kappa shape index (κ1) is 18.1. The van der Waals surface area contributed by atoms with Crippen molar-refractivity contribution in [2.45, 2.75) is 26.2 Å². The van der Waals surface area contributed by atoms with E-state index in [0.29, 0.717) is 19.5 Å². The van der Waals surface area contributed by atoms with Crippen molar-refractivity contribution in [3.05, 3.63) is 30.3 Å². The highest BCUT2D eigenvalue weighted by Crippen LogP contribution is 2.29. The van der Waals surface area contributed by atoms with E-state index in [1.165, 1.54) is 5.69 Å². The maximum Gasteiger partial charge on any atom is 0.317 e. The summed E-state index contributed by atoms with van der Waals surface area (Å²) in [6.07, 6.45) is 2.39. The van der Waals surface area contributed by atoms with Crippen molar-refractivity contribution in [2.75, 3.05) is 38.1 Å². The summed E-state index contributed by atoms with van der Waals surface area (Å²) in [5.74, 6) is -0.832. The second-order valence-corrected chi connectivity index (χ2v) is 6.73. The SMILES string of the molecule is CN(CCCCNC(=O)N1CCC(C)(C(=O)O)C1)c1ccccc1. The van der Waals surface area contributed by atoms with Gasteiger partial charge >= 0.3 is 12.0 Å². The van der Waals surface area contributed by atoms with Crippen LogP contribution in [0.5, 0.6) is 0 Å². The average Bonchev–Trinajstić information content (AvgIpc) is 2.99. The van der Waals surface area contributed by atoms with Gasteiger partial charge in [-0.1, -0.05) is 18.2 Å². The fourth-order valence-electron chi connectivity index (χ4n) is 2.90. The Kier molecular flexibility index (Phi) is 6.06. The summed E-state index contributed by atoms with van der Waals surface area (Å²) in [6, 6.07) is 10.0. The van der Waals surface area contributed by atoms with E-state index in [2.05, 4.69) is 29.4 Å². The largest absolute Gasteiger partial charge is 0.481 e. The molecule has 6 heteroatoms. The zero-order valence-corrected chi connectivity index (χ0v) is 14.5. The number of carbonyl (C=O) groups excluding carboxylic acids is 1. The number of carboxylic acid groups (broad SMARTS) is 1. The summed E-state index contributed by atoms with van der Waals surface area (Å²) >= 11 is 0. The number of para-hydroxylation sites is 1. The Morgan fingerprint density at radius 1 is 1.29 bits per heavy atom. The molecular weight excluding hydrogens is 306 g/mol. The Bertz CT molecular complexity index is 564. The molecule has 2 N–H and O–H groups in total. The zero-order chi connectivity index (χ0) is 17.6. The van der Waals surface area contributed by atoms with E-state index in [4.69, 9.17) is 0 Å². The molecule has 132 valence electrons. The predicted octanol–water partition coefficient (Wildman–Crippen LogP) is 2.41. The number of aliphatic carboxylic acids is 1. The van der Waals surface area contributed by atoms with Crippen molar-refractivity contribution >= 4 is 17.7 Å². The first-order valence-electron chi connectivity index (χ1n) is 8.45. The Hall–Kier alpha value is -2.24. The lowest BCUT2D eigenvalue weighted by Gasteiger charge is -2.21. The number of carboxylic acids is 1. The van der Waals surface area contributed by atoms with Gasteiger partial charge < -0.3 is 20.2 Å². The van der Waals surface area contributed by atoms with Gasteiger partial charge in [0.25, 0.3) is 0 Å². The number of carbonyl (C=O) groups is 2. The molecule has 1 unspecified atom stereocenters. The molecule has 24 heavy (non-hydrogen) atoms. The molecular formula is C18H27N3O3. The number of likely N-dealkylation sites (tertiary alicyclic amines) is 1. The van der Waals surface area contributed by atoms with Gasteiger partial charge in [-0.15, -0.1) is 0 Å². The lowest BCUT2D eigenvalue weighted by Crippen LogP contribution is -2.41. The van der Waals surface area contributed by atoms with Crippen molar-refractivity contribution in [3.8, 4) is 0 Å². The van der Waals surface area contributed by atoms with Gasteiger partial charge in [0.2, 0.25) is 0 Å². The fourth-order valence-corrected chi connectivity index (χ4v) is 2.90. The smallest absolute Gasteiger partial charge is 0.317 e. The van der Waals surface area contributed by atoms with Crippen LogP contribution < -0.4 is 10.2 Å². The Morgan fingerprint density at radius 3 is 2.62 bits per heavy atom. The van der Waals surface area contributed by atoms with E-state index in [1.54, 1.807) is 11.8 Å². The van der Waals surface area contributed by atoms with Crippen molar-refractivity contribution in [3.63, 3.8) is 0 Å². The van der Waals surface area contributed by atoms with E-state index in [9.17, 15) is 14.7 Å². The molecule has 2 rings (SSSR count). The monoisotopic (exact) mass is 333 g/mol. The highest BCUT2D eigenvalue weighted by molar-refractivity contribution is 5.79. The Morgan fingerprint density at radius 2 is 2.00 bits per heavy atom. The lowest BCUT2D eigenvalue weighted by atomic mass is 9.90. The minimum Gasteiger partial charge on any atom is -0.481 e. The molecule has 6 nitrogen and oxygen atoms in total. The second-order valence-electron chi connectivity index (χ2n) is 6.73. The quantitative estimate of drug-likeness (QED) is 0.752. The van der Waals surface area contributed by atoms with Gasteiger partial charge in [-0.05, 0) is 38.3 Å². The van der Waals surface area contributed by atoms with E-state index < -0.39 is 11.4 Å². The van der Waals surface area contributed by atoms with E-state index in [-0.39, 0.29) is 12.6 Å². The van der Waals surface area contributed by atoms with E-state index in [0.717, 1.165) is 19.4 Å². The first-order chi connectivity index (χ1) is 11.4. The molecule has 1 aliphatic heterocycles. The normalized spacial score (nSPS) is 20.0. The number of nitrogens with one attached hydrogen (secondary N) is 1. The number of rotatable bonds is 7. The summed E-state index contributed by atoms with van der Waals surface area (Å²) < 4.78 is 0. The fraction of sp³-hybridized carbons (Fsp3) is 0.556. The summed E-state index contributed by atoms with van der Waals surface area (Å²) in [6.45, 7) is 4.03. The predicted molar refractivity (Wildman–Crippen MR) is 94.3 cm³/mol. The number of urea groups is 1. The summed E-state index contributed by atoms with van der Waals surface area (Å²) in [4.78, 5) is 27.1. The van der Waals surface area contributed by atoms with Crippen molar-refractivity contribution in [2.24, 2.45) is 5.41 Å². The molecule has 1 aliphatic rings. The molecule has 0 spiro atoms. The highest BCUT2D eigenvalue weighted by atomic mass is 16.4. The Labute approximate surface area is 143 Å². The van der Waals surface area contributed by atoms with E-state index in [1.807, 2.05) is 18.2 Å². The summed E-state index contributed by atoms with van der Waals surface area (Å²) in [5.41, 5.74) is 0.377. The van der Waals surface area contributed by atoms with Crippen LogP contribution in [0, 0.1) is 5.41 Å². The second kappa shape index (κ2) is 8.04. The highest BCUT2D eigenvalue weighted by Gasteiger charge is 2.42. The number of benzene rings is 1. The van der Waals surface area contributed by atoms with Crippen LogP contribution in [0.2, 0.25) is 0 Å². The Balaban J connectivity index is 1.63. The average molecular weight is 333 g/mol. The molecule has 0 aromatic heterocycles. The van der Waals surface area contributed by atoms with Gasteiger partial charge in [-0.2, -0.15) is 0 Å². The molecule has 1 saturated heterocycles. The minimum absolute atomic E-state index is 0.156. The molecule has 0 bridgehead atoms. The van der Waals surface area contributed by atoms with Gasteiger partial charge in [0.1, 0.15) is 0 Å². The van der Waals surface area contributed by atoms with Gasteiger partial charge in [-0.3, -0.25) is 4.79 Å². The van der Waals surface area contributed by atoms with Crippen molar-refractivity contribution in [1.82, 2.24) is 10.2 Å². The topological polar surface area (TPSA) is 72.9 Å². The number of unbranched alkanes of at least 4 members (excludes halogenated alkanes) is 1. The van der Waals surface area contributed by atoms with Crippen LogP contribution >= 0.6 is 0 Å². The summed E-state index contributed by atoms with van der Waals surface area (Å²) in [5, 5.41) is 12.1. The van der Waals surface area contributed by atoms with Crippen LogP contribution in [0.15, 0.2) is 30.3 Å². The third kappa shape index (κ3) is 4.63. The van der Waals surface area contributed by atoms with Crippen LogP contribution in [0.3, 0.4) is 0 Å². The summed E-state index contributed by atoms with van der Waals surface area (Å²) in [7, 11) is 2.06. The zero-order valence-electron chi connectivity index (χ0n) is 14.5. The van der Waals surface area contributed by atoms with Crippen molar-refractivity contribution in [1.29, 1.82) is 0 Å². The maximum atomic E-state index is 12.1. The van der Waals surface area contributed by atoms with Gasteiger partial charge in [0.05, 0.1) is 5.41 Å². The molecule has 1 aromatic rings. The van der Waals surface area contributed by atoms with Gasteiger partial charge in [0, 0.05) is 38.9 Å². The van der Waals surface area contributed by atoms with Crippen LogP contribution in [-0.4, -0.2) is 55.2 Å². The molecule has 1 fully saturated rings. The molecule has 2 amide bonds. The minimum atomic E-state index is -0.832. The number of nitrogens with zero attached hydrogens (tertiary/aromatic N) is 2. The van der Waals surface area contributed by atoms with E-state index >= 15 is 0 Å². The van der Waals surface area contributed by atoms with Crippen LogP contribution in [0.25, 0.3) is 0 Å². The molecule has 0 aliphatic carbocycles. The maximum absolute atomic E-state index is 12.1. The third-order valence-electron chi connectivity index (χ3n) is 4.67. The van der Waals surface area contributed by atoms with Gasteiger partial charge in [0.15, 0.2) is 0 Å². The molecule has 1 aromatic carbocycles. The molecule has 1 heterocycles. The number of hydrogen-bond acceptors (Lipinski definition) is 3. The molecule has 0 radical (unpaired) electrons. The molecule has 1 atom stereocenters. The van der Waals surface area contributed by atoms with Crippen LogP contribution in [-0.2, 0) is 4.79 Å². The molecule has 0 saturated carbocycles. The first-order valence-corrected chi connectivity index (χ1v) is 8.45. The van der Waals surface area contributed by atoms with Crippen molar-refractivity contribution < 1.29 is 14.7 Å². The standard InChI is InChI=1S/C18H27N3O3/c1-18(16(22)23)10-13-21(14-18)17(24)19-11-6-7-12-20(2)15-8-4-3-5-9-15/h3-5,8-9H,6-7,10-14H2,1-2H3,(H,19,24)(H,22,23). The number of hydrogen-bond donors (Lipinski definition) is 2. The van der Waals surface area contributed by atoms with Gasteiger partial charge in [-0.25, -0.2) is 4.79 Å². The number of amides is 2. The third-order valence-corrected chi connectivity index (χ3v) is 4.67.